The lowest BCUT2D eigenvalue weighted by molar-refractivity contribution is 0.376. The van der Waals surface area contributed by atoms with Gasteiger partial charge in [0, 0.05) is 0 Å². The van der Waals surface area contributed by atoms with Crippen LogP contribution in [-0.4, -0.2) is 0 Å². The van der Waals surface area contributed by atoms with Crippen molar-refractivity contribution in [1.82, 2.24) is 0 Å². The van der Waals surface area contributed by atoms with E-state index < -0.39 is 0 Å². The summed E-state index contributed by atoms with van der Waals surface area (Å²) in [5, 5.41) is 0. The minimum absolute atomic E-state index is 0.918. The lowest BCUT2D eigenvalue weighted by Gasteiger charge is -2.16. The highest BCUT2D eigenvalue weighted by Crippen LogP contribution is 2.31. The Morgan fingerprint density at radius 3 is 2.69 bits per heavy atom. The lowest BCUT2D eigenvalue weighted by atomic mass is 9.89. The van der Waals surface area contributed by atoms with Crippen LogP contribution in [-0.2, 0) is 0 Å². The smallest absolute Gasteiger partial charge is 0.0202 e. The van der Waals surface area contributed by atoms with Gasteiger partial charge in [0.15, 0.2) is 0 Å². The van der Waals surface area contributed by atoms with Gasteiger partial charge in [-0.05, 0) is 24.7 Å². The first-order chi connectivity index (χ1) is 6.38. The molecular weight excluding hydrogens is 156 g/mol. The summed E-state index contributed by atoms with van der Waals surface area (Å²) < 4.78 is 0. The maximum absolute atomic E-state index is 2.46. The Morgan fingerprint density at radius 2 is 2.00 bits per heavy atom. The monoisotopic (exact) mass is 180 g/mol. The predicted octanol–water partition coefficient (Wildman–Crippen LogP) is 4.56. The van der Waals surface area contributed by atoms with E-state index in [2.05, 4.69) is 26.0 Å². The van der Waals surface area contributed by atoms with E-state index in [-0.39, 0.29) is 0 Å². The van der Waals surface area contributed by atoms with Crippen molar-refractivity contribution >= 4 is 0 Å². The second-order valence-corrected chi connectivity index (χ2v) is 4.35. The van der Waals surface area contributed by atoms with E-state index in [0.29, 0.717) is 0 Å². The van der Waals surface area contributed by atoms with Gasteiger partial charge in [0.05, 0.1) is 0 Å². The van der Waals surface area contributed by atoms with Crippen molar-refractivity contribution in [1.29, 1.82) is 0 Å². The lowest BCUT2D eigenvalue weighted by Crippen LogP contribution is -2.06. The van der Waals surface area contributed by atoms with Crippen LogP contribution in [0.4, 0.5) is 0 Å². The van der Waals surface area contributed by atoms with Crippen LogP contribution in [0, 0.1) is 11.8 Å². The van der Waals surface area contributed by atoms with Gasteiger partial charge >= 0.3 is 0 Å². The van der Waals surface area contributed by atoms with Crippen LogP contribution in [0.5, 0.6) is 0 Å². The van der Waals surface area contributed by atoms with E-state index in [9.17, 15) is 0 Å². The van der Waals surface area contributed by atoms with Gasteiger partial charge in [-0.25, -0.2) is 0 Å². The second kappa shape index (κ2) is 6.23. The van der Waals surface area contributed by atoms with Crippen molar-refractivity contribution in [2.45, 2.75) is 58.8 Å². The van der Waals surface area contributed by atoms with Crippen molar-refractivity contribution in [3.05, 3.63) is 12.2 Å². The molecule has 0 heterocycles. The van der Waals surface area contributed by atoms with Crippen LogP contribution in [0.3, 0.4) is 0 Å². The summed E-state index contributed by atoms with van der Waals surface area (Å²) in [5.41, 5.74) is 0. The fourth-order valence-electron chi connectivity index (χ4n) is 2.37. The zero-order chi connectivity index (χ0) is 9.52. The van der Waals surface area contributed by atoms with Crippen LogP contribution in [0.15, 0.2) is 12.2 Å². The van der Waals surface area contributed by atoms with Gasteiger partial charge in [-0.3, -0.25) is 0 Å². The van der Waals surface area contributed by atoms with Crippen LogP contribution in [0.1, 0.15) is 58.8 Å². The molecule has 1 aliphatic rings. The van der Waals surface area contributed by atoms with Gasteiger partial charge in [0.25, 0.3) is 0 Å². The molecule has 0 spiro atoms. The Labute approximate surface area is 83.4 Å². The molecule has 0 saturated heterocycles. The van der Waals surface area contributed by atoms with Gasteiger partial charge in [0.1, 0.15) is 0 Å². The van der Waals surface area contributed by atoms with Gasteiger partial charge in [-0.15, -0.1) is 0 Å². The Bertz CT molecular complexity index is 146. The molecule has 1 rings (SSSR count). The molecule has 0 radical (unpaired) electrons. The summed E-state index contributed by atoms with van der Waals surface area (Å²) in [5.74, 6) is 1.89. The largest absolute Gasteiger partial charge is 0.0880 e. The van der Waals surface area contributed by atoms with Crippen molar-refractivity contribution in [2.75, 3.05) is 0 Å². The third kappa shape index (κ3) is 3.54. The predicted molar refractivity (Wildman–Crippen MR) is 59.8 cm³/mol. The van der Waals surface area contributed by atoms with Crippen molar-refractivity contribution in [3.8, 4) is 0 Å². The standard InChI is InChI=1S/C13H24/c1-3-5-6-7-9-13-11-8-10-12(13)4-2/h8,11-13H,3-7,9-10H2,1-2H3/t12-,13?/m0/s1. The topological polar surface area (TPSA) is 0 Å². The summed E-state index contributed by atoms with van der Waals surface area (Å²) in [7, 11) is 0. The zero-order valence-corrected chi connectivity index (χ0v) is 9.26. The summed E-state index contributed by atoms with van der Waals surface area (Å²) in [4.78, 5) is 0. The molecular formula is C13H24. The molecule has 0 heteroatoms. The molecule has 0 fully saturated rings. The van der Waals surface area contributed by atoms with E-state index in [0.717, 1.165) is 11.8 Å². The molecule has 1 unspecified atom stereocenters. The number of hydrogen-bond acceptors (Lipinski definition) is 0. The fourth-order valence-corrected chi connectivity index (χ4v) is 2.37. The van der Waals surface area contributed by atoms with Crippen molar-refractivity contribution in [2.24, 2.45) is 11.8 Å². The maximum Gasteiger partial charge on any atom is -0.0202 e. The number of hydrogen-bond donors (Lipinski definition) is 0. The Hall–Kier alpha value is -0.260. The van der Waals surface area contributed by atoms with Crippen LogP contribution >= 0.6 is 0 Å². The second-order valence-electron chi connectivity index (χ2n) is 4.35. The SMILES string of the molecule is CCCCCCC1C=CC[C@@H]1CC. The molecule has 13 heavy (non-hydrogen) atoms. The van der Waals surface area contributed by atoms with E-state index in [1.165, 1.54) is 44.9 Å². The van der Waals surface area contributed by atoms with Gasteiger partial charge < -0.3 is 0 Å². The molecule has 76 valence electrons. The Morgan fingerprint density at radius 1 is 1.15 bits per heavy atom. The molecule has 0 aromatic heterocycles. The first kappa shape index (κ1) is 10.8. The summed E-state index contributed by atoms with van der Waals surface area (Å²) in [6.45, 7) is 4.61. The highest BCUT2D eigenvalue weighted by atomic mass is 14.2. The van der Waals surface area contributed by atoms with E-state index in [1.807, 2.05) is 0 Å². The van der Waals surface area contributed by atoms with Gasteiger partial charge in [-0.2, -0.15) is 0 Å². The molecule has 0 N–H and O–H groups in total. The van der Waals surface area contributed by atoms with Crippen LogP contribution in [0.25, 0.3) is 0 Å². The number of unbranched alkanes of at least 4 members (excludes halogenated alkanes) is 3. The molecule has 0 aromatic carbocycles. The molecule has 0 amide bonds. The average Bonchev–Trinajstić information content (AvgIpc) is 2.60. The van der Waals surface area contributed by atoms with Crippen LogP contribution < -0.4 is 0 Å². The van der Waals surface area contributed by atoms with E-state index in [1.54, 1.807) is 0 Å². The normalized spacial score (nSPS) is 26.9. The van der Waals surface area contributed by atoms with Crippen LogP contribution in [0.2, 0.25) is 0 Å². The molecule has 0 bridgehead atoms. The fraction of sp³-hybridized carbons (Fsp3) is 0.846. The third-order valence-corrected chi connectivity index (χ3v) is 3.34. The maximum atomic E-state index is 2.46. The zero-order valence-electron chi connectivity index (χ0n) is 9.26. The first-order valence-electron chi connectivity index (χ1n) is 6.05. The minimum atomic E-state index is 0.918. The summed E-state index contributed by atoms with van der Waals surface area (Å²) in [6.07, 6.45) is 14.7. The number of rotatable bonds is 6. The quantitative estimate of drug-likeness (QED) is 0.415. The highest BCUT2D eigenvalue weighted by molar-refractivity contribution is 5.00. The molecule has 0 saturated carbocycles. The van der Waals surface area contributed by atoms with Crippen molar-refractivity contribution in [3.63, 3.8) is 0 Å². The number of allylic oxidation sites excluding steroid dienone is 2. The summed E-state index contributed by atoms with van der Waals surface area (Å²) in [6, 6.07) is 0. The van der Waals surface area contributed by atoms with E-state index in [4.69, 9.17) is 0 Å². The molecule has 2 atom stereocenters. The average molecular weight is 180 g/mol. The van der Waals surface area contributed by atoms with Gasteiger partial charge in [0.2, 0.25) is 0 Å². The highest BCUT2D eigenvalue weighted by Gasteiger charge is 2.19. The minimum Gasteiger partial charge on any atom is -0.0880 e. The van der Waals surface area contributed by atoms with Crippen molar-refractivity contribution < 1.29 is 0 Å². The van der Waals surface area contributed by atoms with E-state index >= 15 is 0 Å². The Balaban J connectivity index is 2.09. The van der Waals surface area contributed by atoms with Gasteiger partial charge in [-0.1, -0.05) is 58.1 Å². The molecule has 0 aliphatic heterocycles. The molecule has 1 aliphatic carbocycles. The first-order valence-corrected chi connectivity index (χ1v) is 6.05. The summed E-state index contributed by atoms with van der Waals surface area (Å²) >= 11 is 0. The molecule has 0 nitrogen and oxygen atoms in total. The third-order valence-electron chi connectivity index (χ3n) is 3.34. The Kier molecular flexibility index (Phi) is 5.19. The molecule has 0 aromatic rings.